The Morgan fingerprint density at radius 1 is 1.00 bits per heavy atom. The lowest BCUT2D eigenvalue weighted by Gasteiger charge is -2.12. The lowest BCUT2D eigenvalue weighted by molar-refractivity contribution is -0.385. The average Bonchev–Trinajstić information content (AvgIpc) is 2.69. The monoisotopic (exact) mass is 412 g/mol. The third-order valence-electron chi connectivity index (χ3n) is 3.90. The molecule has 3 aromatic carbocycles. The SMILES string of the molecule is CS(=O)(=O)c1cc(C(=O)Nc2ccccc2Oc2ccccc2)cc([N+](=O)[O-])c1. The van der Waals surface area contributed by atoms with Crippen LogP contribution in [-0.4, -0.2) is 25.5 Å². The molecular weight excluding hydrogens is 396 g/mol. The minimum absolute atomic E-state index is 0.158. The summed E-state index contributed by atoms with van der Waals surface area (Å²) in [6.07, 6.45) is 0.913. The van der Waals surface area contributed by atoms with Gasteiger partial charge in [0.25, 0.3) is 11.6 Å². The second-order valence-electron chi connectivity index (χ2n) is 6.11. The number of nitrogens with zero attached hydrogens (tertiary/aromatic N) is 1. The van der Waals surface area contributed by atoms with Crippen LogP contribution in [-0.2, 0) is 9.84 Å². The largest absolute Gasteiger partial charge is 0.455 e. The third kappa shape index (κ3) is 4.96. The van der Waals surface area contributed by atoms with Crippen molar-refractivity contribution in [1.82, 2.24) is 0 Å². The molecule has 0 aromatic heterocycles. The van der Waals surface area contributed by atoms with E-state index in [1.807, 2.05) is 6.07 Å². The van der Waals surface area contributed by atoms with Crippen molar-refractivity contribution in [3.8, 4) is 11.5 Å². The highest BCUT2D eigenvalue weighted by Crippen LogP contribution is 2.30. The molecule has 1 amide bonds. The van der Waals surface area contributed by atoms with Crippen LogP contribution in [0.3, 0.4) is 0 Å². The first-order valence-electron chi connectivity index (χ1n) is 8.37. The molecule has 148 valence electrons. The molecule has 0 atom stereocenters. The van der Waals surface area contributed by atoms with Crippen molar-refractivity contribution in [2.75, 3.05) is 11.6 Å². The molecule has 0 heterocycles. The van der Waals surface area contributed by atoms with Crippen LogP contribution in [0.2, 0.25) is 0 Å². The number of nitro groups is 1. The van der Waals surface area contributed by atoms with Gasteiger partial charge in [-0.1, -0.05) is 30.3 Å². The molecule has 3 aromatic rings. The number of anilines is 1. The third-order valence-corrected chi connectivity index (χ3v) is 4.99. The molecular formula is C20H16N2O6S. The maximum absolute atomic E-state index is 12.7. The lowest BCUT2D eigenvalue weighted by atomic mass is 10.2. The van der Waals surface area contributed by atoms with Crippen LogP contribution >= 0.6 is 0 Å². The van der Waals surface area contributed by atoms with Crippen molar-refractivity contribution in [3.63, 3.8) is 0 Å². The van der Waals surface area contributed by atoms with Crippen LogP contribution in [0.1, 0.15) is 10.4 Å². The van der Waals surface area contributed by atoms with Crippen molar-refractivity contribution >= 4 is 27.1 Å². The lowest BCUT2D eigenvalue weighted by Crippen LogP contribution is -2.14. The molecule has 0 aliphatic carbocycles. The summed E-state index contributed by atoms with van der Waals surface area (Å²) < 4.78 is 29.4. The molecule has 0 radical (unpaired) electrons. The summed E-state index contributed by atoms with van der Waals surface area (Å²) in [7, 11) is -3.75. The summed E-state index contributed by atoms with van der Waals surface area (Å²) in [5.41, 5.74) is -0.324. The van der Waals surface area contributed by atoms with E-state index in [9.17, 15) is 23.3 Å². The molecule has 0 aliphatic rings. The number of sulfone groups is 1. The minimum atomic E-state index is -3.75. The normalized spacial score (nSPS) is 10.9. The molecule has 0 spiro atoms. The van der Waals surface area contributed by atoms with Gasteiger partial charge in [0.1, 0.15) is 5.75 Å². The number of para-hydroxylation sites is 3. The van der Waals surface area contributed by atoms with Gasteiger partial charge in [0.2, 0.25) is 0 Å². The Hall–Kier alpha value is -3.72. The topological polar surface area (TPSA) is 116 Å². The van der Waals surface area contributed by atoms with E-state index in [-0.39, 0.29) is 10.5 Å². The van der Waals surface area contributed by atoms with Gasteiger partial charge < -0.3 is 10.1 Å². The summed E-state index contributed by atoms with van der Waals surface area (Å²) in [6, 6.07) is 18.6. The number of nitrogens with one attached hydrogen (secondary N) is 1. The number of non-ortho nitro benzene ring substituents is 1. The Balaban J connectivity index is 1.93. The number of carbonyl (C=O) groups is 1. The van der Waals surface area contributed by atoms with Crippen LogP contribution in [0.4, 0.5) is 11.4 Å². The smallest absolute Gasteiger partial charge is 0.271 e. The first kappa shape index (κ1) is 20.0. The number of rotatable bonds is 6. The van der Waals surface area contributed by atoms with Gasteiger partial charge in [-0.05, 0) is 30.3 Å². The van der Waals surface area contributed by atoms with Crippen molar-refractivity contribution < 1.29 is 22.9 Å². The zero-order chi connectivity index (χ0) is 21.0. The van der Waals surface area contributed by atoms with Crippen molar-refractivity contribution in [1.29, 1.82) is 0 Å². The van der Waals surface area contributed by atoms with E-state index in [2.05, 4.69) is 5.32 Å². The Labute approximate surface area is 166 Å². The van der Waals surface area contributed by atoms with E-state index < -0.39 is 26.4 Å². The summed E-state index contributed by atoms with van der Waals surface area (Å²) in [6.45, 7) is 0. The number of hydrogen-bond acceptors (Lipinski definition) is 6. The highest BCUT2D eigenvalue weighted by Gasteiger charge is 2.20. The van der Waals surface area contributed by atoms with Gasteiger partial charge in [-0.25, -0.2) is 8.42 Å². The van der Waals surface area contributed by atoms with Crippen molar-refractivity contribution in [2.45, 2.75) is 4.90 Å². The van der Waals surface area contributed by atoms with E-state index in [0.29, 0.717) is 17.2 Å². The molecule has 1 N–H and O–H groups in total. The Kier molecular flexibility index (Phi) is 5.60. The first-order chi connectivity index (χ1) is 13.7. The summed E-state index contributed by atoms with van der Waals surface area (Å²) in [5, 5.41) is 13.7. The van der Waals surface area contributed by atoms with Gasteiger partial charge in [-0.15, -0.1) is 0 Å². The quantitative estimate of drug-likeness (QED) is 0.482. The van der Waals surface area contributed by atoms with Crippen molar-refractivity contribution in [2.24, 2.45) is 0 Å². The van der Waals surface area contributed by atoms with Crippen LogP contribution < -0.4 is 10.1 Å². The minimum Gasteiger partial charge on any atom is -0.455 e. The molecule has 0 aliphatic heterocycles. The molecule has 29 heavy (non-hydrogen) atoms. The van der Waals surface area contributed by atoms with Gasteiger partial charge in [-0.3, -0.25) is 14.9 Å². The van der Waals surface area contributed by atoms with E-state index in [1.54, 1.807) is 48.5 Å². The maximum atomic E-state index is 12.7. The van der Waals surface area contributed by atoms with E-state index >= 15 is 0 Å². The molecule has 0 saturated carbocycles. The van der Waals surface area contributed by atoms with Gasteiger partial charge in [0, 0.05) is 24.0 Å². The predicted molar refractivity (Wildman–Crippen MR) is 107 cm³/mol. The number of ether oxygens (including phenoxy) is 1. The van der Waals surface area contributed by atoms with Gasteiger partial charge in [0.15, 0.2) is 15.6 Å². The van der Waals surface area contributed by atoms with E-state index in [0.717, 1.165) is 24.5 Å². The molecule has 3 rings (SSSR count). The number of benzene rings is 3. The van der Waals surface area contributed by atoms with Gasteiger partial charge in [-0.2, -0.15) is 0 Å². The predicted octanol–water partition coefficient (Wildman–Crippen LogP) is 4.04. The fourth-order valence-corrected chi connectivity index (χ4v) is 3.18. The fraction of sp³-hybridized carbons (Fsp3) is 0.0500. The molecule has 0 saturated heterocycles. The molecule has 8 nitrogen and oxygen atoms in total. The first-order valence-corrected chi connectivity index (χ1v) is 10.3. The Morgan fingerprint density at radius 3 is 2.31 bits per heavy atom. The summed E-state index contributed by atoms with van der Waals surface area (Å²) >= 11 is 0. The Morgan fingerprint density at radius 2 is 1.66 bits per heavy atom. The number of carbonyl (C=O) groups excluding carboxylic acids is 1. The molecule has 0 bridgehead atoms. The van der Waals surface area contributed by atoms with Gasteiger partial charge >= 0.3 is 0 Å². The maximum Gasteiger partial charge on any atom is 0.271 e. The number of nitro benzene ring substituents is 1. The molecule has 9 heteroatoms. The fourth-order valence-electron chi connectivity index (χ4n) is 2.50. The zero-order valence-electron chi connectivity index (χ0n) is 15.2. The van der Waals surface area contributed by atoms with Crippen LogP contribution in [0.15, 0.2) is 77.7 Å². The molecule has 0 unspecified atom stereocenters. The van der Waals surface area contributed by atoms with E-state index in [1.165, 1.54) is 0 Å². The van der Waals surface area contributed by atoms with Gasteiger partial charge in [0.05, 0.1) is 15.5 Å². The summed E-state index contributed by atoms with van der Waals surface area (Å²) in [5.74, 6) is 0.215. The van der Waals surface area contributed by atoms with Crippen LogP contribution in [0.25, 0.3) is 0 Å². The van der Waals surface area contributed by atoms with Crippen LogP contribution in [0.5, 0.6) is 11.5 Å². The zero-order valence-corrected chi connectivity index (χ0v) is 16.0. The standard InChI is InChI=1S/C20H16N2O6S/c1-29(26,27)17-12-14(11-15(13-17)22(24)25)20(23)21-18-9-5-6-10-19(18)28-16-7-3-2-4-8-16/h2-13H,1H3,(H,21,23). The highest BCUT2D eigenvalue weighted by atomic mass is 32.2. The highest BCUT2D eigenvalue weighted by molar-refractivity contribution is 7.90. The van der Waals surface area contributed by atoms with Crippen LogP contribution in [0, 0.1) is 10.1 Å². The second kappa shape index (κ2) is 8.11. The average molecular weight is 412 g/mol. The molecule has 0 fully saturated rings. The number of amides is 1. The Bertz CT molecular complexity index is 1180. The van der Waals surface area contributed by atoms with E-state index in [4.69, 9.17) is 4.74 Å². The number of hydrogen-bond donors (Lipinski definition) is 1. The second-order valence-corrected chi connectivity index (χ2v) is 8.13. The van der Waals surface area contributed by atoms with Crippen molar-refractivity contribution in [3.05, 3.63) is 88.5 Å². The summed E-state index contributed by atoms with van der Waals surface area (Å²) in [4.78, 5) is 22.8.